The van der Waals surface area contributed by atoms with E-state index >= 15 is 0 Å². The minimum atomic E-state index is -4.08. The third-order valence-corrected chi connectivity index (χ3v) is 6.05. The van der Waals surface area contributed by atoms with Gasteiger partial charge in [-0.05, 0) is 36.4 Å². The number of anilines is 2. The number of aromatic hydroxyl groups is 1. The number of halogens is 1. The molecule has 0 aromatic heterocycles. The van der Waals surface area contributed by atoms with Crippen LogP contribution in [0.2, 0.25) is 0 Å². The Morgan fingerprint density at radius 2 is 1.78 bits per heavy atom. The number of rotatable bonds is 8. The Morgan fingerprint density at radius 3 is 2.41 bits per heavy atom. The van der Waals surface area contributed by atoms with Crippen molar-refractivity contribution < 1.29 is 27.0 Å². The van der Waals surface area contributed by atoms with Gasteiger partial charge in [0.1, 0.15) is 5.75 Å². The molecule has 0 aliphatic rings. The van der Waals surface area contributed by atoms with Gasteiger partial charge in [-0.2, -0.15) is 0 Å². The number of phenols is 1. The van der Waals surface area contributed by atoms with Gasteiger partial charge in [0.25, 0.3) is 10.0 Å². The van der Waals surface area contributed by atoms with Crippen molar-refractivity contribution in [2.75, 3.05) is 22.5 Å². The summed E-state index contributed by atoms with van der Waals surface area (Å²) in [5.41, 5.74) is 0.0852. The standard InChI is InChI=1S/C15H18ClN3O6S2/c16-8-11(20)9-18-14-7-13(4-5-15(14)21)27(24,25)19-10-2-1-3-12(6-10)26(17,22)23/h1-7,11,18-21H,8-9H2,(H2,17,22,23). The van der Waals surface area contributed by atoms with Crippen LogP contribution < -0.4 is 15.2 Å². The first-order valence-corrected chi connectivity index (χ1v) is 11.1. The predicted molar refractivity (Wildman–Crippen MR) is 102 cm³/mol. The van der Waals surface area contributed by atoms with Gasteiger partial charge in [0.15, 0.2) is 0 Å². The second-order valence-electron chi connectivity index (χ2n) is 5.55. The third kappa shape index (κ3) is 5.71. The van der Waals surface area contributed by atoms with Crippen LogP contribution in [-0.2, 0) is 20.0 Å². The van der Waals surface area contributed by atoms with E-state index < -0.39 is 26.2 Å². The zero-order valence-electron chi connectivity index (χ0n) is 13.8. The maximum atomic E-state index is 12.5. The molecule has 0 fully saturated rings. The van der Waals surface area contributed by atoms with Crippen molar-refractivity contribution in [2.24, 2.45) is 5.14 Å². The number of nitrogens with two attached hydrogens (primary N) is 1. The highest BCUT2D eigenvalue weighted by atomic mass is 35.5. The number of hydrogen-bond donors (Lipinski definition) is 5. The largest absolute Gasteiger partial charge is 0.506 e. The number of aliphatic hydroxyl groups is 1. The molecule has 2 rings (SSSR count). The quantitative estimate of drug-likeness (QED) is 0.303. The van der Waals surface area contributed by atoms with Crippen molar-refractivity contribution in [3.05, 3.63) is 42.5 Å². The number of nitrogens with one attached hydrogen (secondary N) is 2. The molecule has 1 unspecified atom stereocenters. The fourth-order valence-electron chi connectivity index (χ4n) is 2.06. The fourth-order valence-corrected chi connectivity index (χ4v) is 3.80. The summed E-state index contributed by atoms with van der Waals surface area (Å²) in [6.45, 7) is 0.00436. The van der Waals surface area contributed by atoms with Crippen LogP contribution in [0.15, 0.2) is 52.3 Å². The molecule has 9 nitrogen and oxygen atoms in total. The van der Waals surface area contributed by atoms with Crippen LogP contribution >= 0.6 is 11.6 Å². The minimum Gasteiger partial charge on any atom is -0.506 e. The smallest absolute Gasteiger partial charge is 0.261 e. The summed E-state index contributed by atoms with van der Waals surface area (Å²) in [4.78, 5) is -0.435. The van der Waals surface area contributed by atoms with Crippen molar-refractivity contribution in [3.8, 4) is 5.75 Å². The van der Waals surface area contributed by atoms with Crippen LogP contribution in [0.5, 0.6) is 5.75 Å². The van der Waals surface area contributed by atoms with Crippen LogP contribution in [0, 0.1) is 0 Å². The first kappa shape index (κ1) is 21.3. The predicted octanol–water partition coefficient (Wildman–Crippen LogP) is 0.852. The molecule has 0 bridgehead atoms. The molecule has 27 heavy (non-hydrogen) atoms. The molecule has 0 aliphatic heterocycles. The normalized spacial score (nSPS) is 13.1. The number of benzene rings is 2. The average molecular weight is 436 g/mol. The van der Waals surface area contributed by atoms with Crippen LogP contribution in [0.4, 0.5) is 11.4 Å². The van der Waals surface area contributed by atoms with E-state index in [9.17, 15) is 27.0 Å². The number of primary sulfonamides is 1. The van der Waals surface area contributed by atoms with E-state index in [4.69, 9.17) is 16.7 Å². The number of sulfonamides is 2. The Morgan fingerprint density at radius 1 is 1.07 bits per heavy atom. The van der Waals surface area contributed by atoms with E-state index in [1.807, 2.05) is 0 Å². The Kier molecular flexibility index (Phi) is 6.54. The van der Waals surface area contributed by atoms with Gasteiger partial charge in [0.2, 0.25) is 10.0 Å². The molecule has 0 saturated carbocycles. The lowest BCUT2D eigenvalue weighted by atomic mass is 10.3. The van der Waals surface area contributed by atoms with E-state index in [2.05, 4.69) is 10.0 Å². The maximum absolute atomic E-state index is 12.5. The Balaban J connectivity index is 2.29. The highest BCUT2D eigenvalue weighted by Gasteiger charge is 2.18. The summed E-state index contributed by atoms with van der Waals surface area (Å²) < 4.78 is 50.1. The van der Waals surface area contributed by atoms with Gasteiger partial charge in [-0.1, -0.05) is 6.07 Å². The van der Waals surface area contributed by atoms with Gasteiger partial charge in [-0.3, -0.25) is 4.72 Å². The molecule has 1 atom stereocenters. The molecule has 2 aromatic rings. The van der Waals surface area contributed by atoms with E-state index in [-0.39, 0.29) is 39.3 Å². The van der Waals surface area contributed by atoms with Crippen LogP contribution in [0.1, 0.15) is 0 Å². The monoisotopic (exact) mass is 435 g/mol. The molecule has 6 N–H and O–H groups in total. The second kappa shape index (κ2) is 8.31. The summed E-state index contributed by atoms with van der Waals surface area (Å²) >= 11 is 5.49. The topological polar surface area (TPSA) is 159 Å². The van der Waals surface area contributed by atoms with Gasteiger partial charge in [-0.15, -0.1) is 11.6 Å². The lowest BCUT2D eigenvalue weighted by Gasteiger charge is -2.14. The van der Waals surface area contributed by atoms with Gasteiger partial charge in [0, 0.05) is 6.54 Å². The molecule has 0 amide bonds. The lowest BCUT2D eigenvalue weighted by Crippen LogP contribution is -2.21. The highest BCUT2D eigenvalue weighted by molar-refractivity contribution is 7.92. The van der Waals surface area contributed by atoms with Crippen molar-refractivity contribution in [1.29, 1.82) is 0 Å². The van der Waals surface area contributed by atoms with Crippen molar-refractivity contribution >= 4 is 43.0 Å². The molecule has 0 heterocycles. The third-order valence-electron chi connectivity index (χ3n) is 3.40. The van der Waals surface area contributed by atoms with E-state index in [1.165, 1.54) is 36.4 Å². The van der Waals surface area contributed by atoms with Gasteiger partial charge >= 0.3 is 0 Å². The van der Waals surface area contributed by atoms with Gasteiger partial charge in [0.05, 0.1) is 33.1 Å². The molecule has 12 heteroatoms. The van der Waals surface area contributed by atoms with Crippen LogP contribution in [0.3, 0.4) is 0 Å². The van der Waals surface area contributed by atoms with Crippen molar-refractivity contribution in [2.45, 2.75) is 15.9 Å². The van der Waals surface area contributed by atoms with Gasteiger partial charge in [-0.25, -0.2) is 22.0 Å². The molecule has 0 spiro atoms. The van der Waals surface area contributed by atoms with E-state index in [0.29, 0.717) is 0 Å². The summed E-state index contributed by atoms with van der Waals surface area (Å²) in [6.07, 6.45) is -0.884. The average Bonchev–Trinajstić information content (AvgIpc) is 2.59. The van der Waals surface area contributed by atoms with E-state index in [1.54, 1.807) is 0 Å². The fraction of sp³-hybridized carbons (Fsp3) is 0.200. The van der Waals surface area contributed by atoms with Gasteiger partial charge < -0.3 is 15.5 Å². The first-order chi connectivity index (χ1) is 12.5. The molecular weight excluding hydrogens is 418 g/mol. The van der Waals surface area contributed by atoms with E-state index in [0.717, 1.165) is 6.07 Å². The number of phenolic OH excluding ortho intramolecular Hbond substituents is 1. The molecule has 0 radical (unpaired) electrons. The minimum absolute atomic E-state index is 0.00155. The lowest BCUT2D eigenvalue weighted by molar-refractivity contribution is 0.211. The number of aliphatic hydroxyl groups excluding tert-OH is 1. The zero-order valence-corrected chi connectivity index (χ0v) is 16.2. The summed E-state index contributed by atoms with van der Waals surface area (Å²) in [6, 6.07) is 8.54. The van der Waals surface area contributed by atoms with Crippen molar-refractivity contribution in [1.82, 2.24) is 0 Å². The second-order valence-corrected chi connectivity index (χ2v) is 9.10. The van der Waals surface area contributed by atoms with Crippen LogP contribution in [0.25, 0.3) is 0 Å². The summed E-state index contributed by atoms with van der Waals surface area (Å²) in [7, 11) is -8.07. The Labute approximate surface area is 161 Å². The SMILES string of the molecule is NS(=O)(=O)c1cccc(NS(=O)(=O)c2ccc(O)c(NCC(O)CCl)c2)c1. The van der Waals surface area contributed by atoms with Crippen molar-refractivity contribution in [3.63, 3.8) is 0 Å². The zero-order chi connectivity index (χ0) is 20.2. The Bertz CT molecular complexity index is 1030. The molecular formula is C15H18ClN3O6S2. The number of hydrogen-bond acceptors (Lipinski definition) is 7. The molecule has 2 aromatic carbocycles. The molecule has 148 valence electrons. The van der Waals surface area contributed by atoms with Crippen LogP contribution in [-0.4, -0.2) is 45.6 Å². The number of alkyl halides is 1. The summed E-state index contributed by atoms with van der Waals surface area (Å²) in [5, 5.41) is 27.0. The Hall–Kier alpha value is -2.05. The first-order valence-electron chi connectivity index (χ1n) is 7.49. The molecule has 0 saturated heterocycles. The maximum Gasteiger partial charge on any atom is 0.261 e. The summed E-state index contributed by atoms with van der Waals surface area (Å²) in [5.74, 6) is -0.250. The molecule has 0 aliphatic carbocycles. The highest BCUT2D eigenvalue weighted by Crippen LogP contribution is 2.28.